The second-order valence-corrected chi connectivity index (χ2v) is 8.91. The molecule has 0 aliphatic carbocycles. The van der Waals surface area contributed by atoms with Gasteiger partial charge in [-0.1, -0.05) is 48.0 Å². The van der Waals surface area contributed by atoms with Crippen LogP contribution in [-0.2, 0) is 18.6 Å². The molecule has 0 atom stereocenters. The summed E-state index contributed by atoms with van der Waals surface area (Å²) in [7, 11) is 0. The van der Waals surface area contributed by atoms with Gasteiger partial charge in [0, 0.05) is 27.8 Å². The van der Waals surface area contributed by atoms with Crippen LogP contribution in [0.1, 0.15) is 29.4 Å². The molecule has 3 N–H and O–H groups in total. The molecule has 0 fully saturated rings. The number of nitrogens with zero attached hydrogens (tertiary/aromatic N) is 2. The van der Waals surface area contributed by atoms with E-state index in [2.05, 4.69) is 15.2 Å². The fourth-order valence-electron chi connectivity index (χ4n) is 3.34. The number of aromatic amines is 2. The third kappa shape index (κ3) is 5.01. The number of hydrogen-bond donors (Lipinski definition) is 3. The quantitative estimate of drug-likeness (QED) is 0.232. The molecule has 2 aromatic heterocycles. The predicted molar refractivity (Wildman–Crippen MR) is 129 cm³/mol. The second kappa shape index (κ2) is 9.81. The number of phenolic OH excluding ortho intramolecular Hbond substituents is 1. The average molecular weight is 487 g/mol. The number of hydrogen-bond acceptors (Lipinski definition) is 5. The Morgan fingerprint density at radius 3 is 2.47 bits per heavy atom. The lowest BCUT2D eigenvalue weighted by molar-refractivity contribution is 0.475. The van der Waals surface area contributed by atoms with E-state index in [4.69, 9.17) is 28.2 Å². The Hall–Kier alpha value is -2.74. The zero-order valence-corrected chi connectivity index (χ0v) is 19.5. The fraction of sp³-hybridized carbons (Fsp3) is 0.174. The third-order valence-corrected chi connectivity index (χ3v) is 6.62. The molecule has 2 aromatic carbocycles. The molecule has 4 aromatic rings. The number of phenols is 1. The fourth-order valence-corrected chi connectivity index (χ4v) is 4.64. The van der Waals surface area contributed by atoms with Crippen molar-refractivity contribution in [2.24, 2.45) is 0 Å². The van der Waals surface area contributed by atoms with Crippen LogP contribution in [0.3, 0.4) is 0 Å². The van der Waals surface area contributed by atoms with Gasteiger partial charge >= 0.3 is 0 Å². The highest BCUT2D eigenvalue weighted by atomic mass is 35.5. The summed E-state index contributed by atoms with van der Waals surface area (Å²) in [5.74, 6) is 0.735. The minimum absolute atomic E-state index is 0.157. The topological polar surface area (TPSA) is 94.7 Å². The summed E-state index contributed by atoms with van der Waals surface area (Å²) < 4.78 is 0. The summed E-state index contributed by atoms with van der Waals surface area (Å²) in [4.78, 5) is 20.2. The molecule has 0 radical (unpaired) electrons. The molecular formula is C23H20Cl2N4O2S. The smallest absolute Gasteiger partial charge is 0.254 e. The van der Waals surface area contributed by atoms with E-state index in [9.17, 15) is 9.90 Å². The van der Waals surface area contributed by atoms with E-state index in [0.29, 0.717) is 45.1 Å². The van der Waals surface area contributed by atoms with Crippen LogP contribution < -0.4 is 5.56 Å². The maximum absolute atomic E-state index is 12.7. The Kier molecular flexibility index (Phi) is 6.89. The molecule has 4 rings (SSSR count). The Bertz CT molecular complexity index is 1280. The Morgan fingerprint density at radius 2 is 1.78 bits per heavy atom. The van der Waals surface area contributed by atoms with Crippen LogP contribution >= 0.6 is 35.0 Å². The number of aromatic nitrogens is 4. The van der Waals surface area contributed by atoms with E-state index in [1.54, 1.807) is 30.3 Å². The van der Waals surface area contributed by atoms with Gasteiger partial charge in [-0.05, 0) is 60.0 Å². The van der Waals surface area contributed by atoms with Crippen LogP contribution in [-0.4, -0.2) is 25.3 Å². The first-order valence-corrected chi connectivity index (χ1v) is 11.7. The highest BCUT2D eigenvalue weighted by Crippen LogP contribution is 2.28. The minimum Gasteiger partial charge on any atom is -0.508 e. The van der Waals surface area contributed by atoms with Gasteiger partial charge in [0.15, 0.2) is 5.16 Å². The minimum atomic E-state index is -0.157. The monoisotopic (exact) mass is 486 g/mol. The van der Waals surface area contributed by atoms with Gasteiger partial charge < -0.3 is 10.1 Å². The highest BCUT2D eigenvalue weighted by Gasteiger charge is 2.15. The van der Waals surface area contributed by atoms with Gasteiger partial charge in [-0.2, -0.15) is 5.10 Å². The molecule has 0 aliphatic heterocycles. The number of nitrogens with one attached hydrogen (secondary N) is 2. The second-order valence-electron chi connectivity index (χ2n) is 7.14. The van der Waals surface area contributed by atoms with Crippen LogP contribution in [0.2, 0.25) is 10.0 Å². The van der Waals surface area contributed by atoms with Crippen molar-refractivity contribution in [2.75, 3.05) is 0 Å². The first kappa shape index (κ1) is 22.5. The first-order chi connectivity index (χ1) is 15.4. The largest absolute Gasteiger partial charge is 0.508 e. The normalized spacial score (nSPS) is 11.1. The van der Waals surface area contributed by atoms with Crippen LogP contribution in [0.4, 0.5) is 0 Å². The maximum atomic E-state index is 12.7. The van der Waals surface area contributed by atoms with Gasteiger partial charge in [0.2, 0.25) is 0 Å². The van der Waals surface area contributed by atoms with Crippen LogP contribution in [0.15, 0.2) is 58.5 Å². The first-order valence-electron chi connectivity index (χ1n) is 9.96. The summed E-state index contributed by atoms with van der Waals surface area (Å²) in [6, 6.07) is 14.2. The van der Waals surface area contributed by atoms with E-state index >= 15 is 0 Å². The Morgan fingerprint density at radius 1 is 1.06 bits per heavy atom. The summed E-state index contributed by atoms with van der Waals surface area (Å²) in [5.41, 5.74) is 4.47. The van der Waals surface area contributed by atoms with Gasteiger partial charge in [-0.15, -0.1) is 0 Å². The Balaban J connectivity index is 1.55. The van der Waals surface area contributed by atoms with Crippen LogP contribution in [0, 0.1) is 0 Å². The molecule has 6 nitrogen and oxygen atoms in total. The van der Waals surface area contributed by atoms with E-state index in [1.807, 2.05) is 25.1 Å². The molecule has 32 heavy (non-hydrogen) atoms. The molecule has 0 unspecified atom stereocenters. The number of H-pyrrole nitrogens is 2. The molecule has 9 heteroatoms. The summed E-state index contributed by atoms with van der Waals surface area (Å²) in [5, 5.41) is 18.4. The number of benzene rings is 2. The summed E-state index contributed by atoms with van der Waals surface area (Å²) in [6.45, 7) is 1.92. The van der Waals surface area contributed by atoms with Gasteiger partial charge in [-0.25, -0.2) is 4.98 Å². The lowest BCUT2D eigenvalue weighted by Crippen LogP contribution is -2.18. The van der Waals surface area contributed by atoms with E-state index in [0.717, 1.165) is 22.5 Å². The van der Waals surface area contributed by atoms with Gasteiger partial charge in [0.1, 0.15) is 5.75 Å². The summed E-state index contributed by atoms with van der Waals surface area (Å²) in [6.07, 6.45) is 0.937. The molecule has 2 heterocycles. The van der Waals surface area contributed by atoms with Crippen molar-refractivity contribution >= 4 is 35.0 Å². The van der Waals surface area contributed by atoms with Gasteiger partial charge in [0.25, 0.3) is 5.56 Å². The number of thioether (sulfide) groups is 1. The van der Waals surface area contributed by atoms with Crippen molar-refractivity contribution < 1.29 is 5.11 Å². The van der Waals surface area contributed by atoms with Crippen molar-refractivity contribution in [1.82, 2.24) is 20.2 Å². The zero-order chi connectivity index (χ0) is 22.7. The molecular weight excluding hydrogens is 467 g/mol. The molecule has 0 aliphatic rings. The third-order valence-electron chi connectivity index (χ3n) is 5.00. The lowest BCUT2D eigenvalue weighted by Gasteiger charge is -2.11. The van der Waals surface area contributed by atoms with Crippen molar-refractivity contribution in [1.29, 1.82) is 0 Å². The average Bonchev–Trinajstić information content (AvgIpc) is 3.24. The molecule has 0 bridgehead atoms. The van der Waals surface area contributed by atoms with Crippen molar-refractivity contribution in [3.63, 3.8) is 0 Å². The number of halogens is 2. The SMILES string of the molecule is CCc1c(Cc2c(Cl)cccc2Cl)nc(SCc2cc(-c3ccc(O)cc3)[nH]n2)[nH]c1=O. The number of rotatable bonds is 7. The highest BCUT2D eigenvalue weighted by molar-refractivity contribution is 7.98. The molecule has 0 amide bonds. The van der Waals surface area contributed by atoms with Crippen molar-refractivity contribution in [2.45, 2.75) is 30.7 Å². The van der Waals surface area contributed by atoms with E-state index in [-0.39, 0.29) is 11.3 Å². The molecule has 0 spiro atoms. The van der Waals surface area contributed by atoms with Crippen LogP contribution in [0.25, 0.3) is 11.3 Å². The maximum Gasteiger partial charge on any atom is 0.254 e. The van der Waals surface area contributed by atoms with Crippen molar-refractivity contribution in [3.8, 4) is 17.0 Å². The van der Waals surface area contributed by atoms with E-state index in [1.165, 1.54) is 11.8 Å². The van der Waals surface area contributed by atoms with Crippen molar-refractivity contribution in [3.05, 3.63) is 91.4 Å². The molecule has 0 saturated heterocycles. The lowest BCUT2D eigenvalue weighted by atomic mass is 10.0. The van der Waals surface area contributed by atoms with Gasteiger partial charge in [-0.3, -0.25) is 9.89 Å². The number of aromatic hydroxyl groups is 1. The van der Waals surface area contributed by atoms with E-state index < -0.39 is 0 Å². The molecule has 0 saturated carbocycles. The van der Waals surface area contributed by atoms with Gasteiger partial charge in [0.05, 0.1) is 17.1 Å². The predicted octanol–water partition coefficient (Wildman–Crippen LogP) is 5.62. The standard InChI is InChI=1S/C23H20Cl2N4O2S/c1-2-16-21(11-17-18(24)4-3-5-19(17)25)26-23(27-22(16)31)32-12-14-10-20(29-28-14)13-6-8-15(30)9-7-13/h3-10,30H,2,11-12H2,1H3,(H,28,29)(H,26,27,31). The van der Waals surface area contributed by atoms with Crippen LogP contribution in [0.5, 0.6) is 5.75 Å². The molecule has 164 valence electrons. The zero-order valence-electron chi connectivity index (χ0n) is 17.2. The Labute approximate surface area is 199 Å². The summed E-state index contributed by atoms with van der Waals surface area (Å²) >= 11 is 14.1.